The molecule has 5 rings (SSSR count). The first-order valence-electron chi connectivity index (χ1n) is 11.7. The lowest BCUT2D eigenvalue weighted by Crippen LogP contribution is -2.56. The molecule has 36 heavy (non-hydrogen) atoms. The Morgan fingerprint density at radius 2 is 1.75 bits per heavy atom. The van der Waals surface area contributed by atoms with Gasteiger partial charge >= 0.3 is 0 Å². The molecular formula is C26H27N5O3S2. The van der Waals surface area contributed by atoms with E-state index >= 15 is 0 Å². The Hall–Kier alpha value is -3.34. The molecule has 0 saturated carbocycles. The number of sulfonamides is 1. The first kappa shape index (κ1) is 24.4. The minimum atomic E-state index is -4.06. The number of piperazine rings is 1. The molecule has 0 spiro atoms. The average Bonchev–Trinajstić information content (AvgIpc) is 3.37. The molecule has 1 fully saturated rings. The predicted octanol–water partition coefficient (Wildman–Crippen LogP) is 3.76. The van der Waals surface area contributed by atoms with Crippen LogP contribution in [0.15, 0.2) is 77.7 Å². The second kappa shape index (κ2) is 9.96. The van der Waals surface area contributed by atoms with Gasteiger partial charge in [-0.2, -0.15) is 13.5 Å². The summed E-state index contributed by atoms with van der Waals surface area (Å²) >= 11 is 0.955. The number of carbonyl (C=O) groups excluding carboxylic acids is 1. The van der Waals surface area contributed by atoms with Crippen LogP contribution >= 0.6 is 11.7 Å². The number of anilines is 1. The Bertz CT molecular complexity index is 1470. The van der Waals surface area contributed by atoms with Crippen molar-refractivity contribution in [2.24, 2.45) is 0 Å². The summed E-state index contributed by atoms with van der Waals surface area (Å²) in [5.74, 6) is -0.274. The third kappa shape index (κ3) is 4.84. The van der Waals surface area contributed by atoms with Gasteiger partial charge in [-0.3, -0.25) is 4.79 Å². The molecular weight excluding hydrogens is 494 g/mol. The van der Waals surface area contributed by atoms with E-state index in [-0.39, 0.29) is 16.8 Å². The number of nitrogens with one attached hydrogen (secondary N) is 1. The minimum Gasteiger partial charge on any atom is -0.365 e. The number of nitrogens with zero attached hydrogens (tertiary/aromatic N) is 4. The van der Waals surface area contributed by atoms with Crippen molar-refractivity contribution in [2.75, 3.05) is 24.5 Å². The monoisotopic (exact) mass is 521 g/mol. The molecule has 0 radical (unpaired) electrons. The van der Waals surface area contributed by atoms with Crippen LogP contribution in [0.5, 0.6) is 0 Å². The van der Waals surface area contributed by atoms with E-state index in [0.717, 1.165) is 17.4 Å². The van der Waals surface area contributed by atoms with Crippen LogP contribution < -0.4 is 9.62 Å². The number of hydrogen-bond donors (Lipinski definition) is 1. The topological polar surface area (TPSA) is 95.5 Å². The van der Waals surface area contributed by atoms with Crippen molar-refractivity contribution in [2.45, 2.75) is 30.8 Å². The Morgan fingerprint density at radius 1 is 1.00 bits per heavy atom. The molecule has 1 N–H and O–H groups in total. The van der Waals surface area contributed by atoms with Gasteiger partial charge < -0.3 is 9.80 Å². The van der Waals surface area contributed by atoms with E-state index in [1.807, 2.05) is 6.07 Å². The molecule has 2 atom stereocenters. The van der Waals surface area contributed by atoms with Crippen LogP contribution in [0, 0.1) is 6.92 Å². The lowest BCUT2D eigenvalue weighted by Gasteiger charge is -2.42. The highest BCUT2D eigenvalue weighted by molar-refractivity contribution is 7.89. The van der Waals surface area contributed by atoms with Crippen molar-refractivity contribution < 1.29 is 13.2 Å². The number of amides is 1. The van der Waals surface area contributed by atoms with Gasteiger partial charge in [0.05, 0.1) is 11.7 Å². The zero-order chi connectivity index (χ0) is 25.3. The van der Waals surface area contributed by atoms with Crippen molar-refractivity contribution >= 4 is 44.4 Å². The quantitative estimate of drug-likeness (QED) is 0.415. The smallest absolute Gasteiger partial charge is 0.245 e. The molecule has 186 valence electrons. The van der Waals surface area contributed by atoms with Crippen molar-refractivity contribution in [1.82, 2.24) is 18.4 Å². The lowest BCUT2D eigenvalue weighted by atomic mass is 10.0. The zero-order valence-electron chi connectivity index (χ0n) is 20.0. The van der Waals surface area contributed by atoms with Gasteiger partial charge in [-0.05, 0) is 43.7 Å². The standard InChI is InChI=1S/C26H27N5O3S2/c1-18-11-13-21(14-12-18)31-16-15-30(17-19(31)2)26(32)24(20-7-4-3-5-8-20)29-36(33,34)23-10-6-9-22-25(23)28-35-27-22/h3-14,19,24,29H,15-17H2,1-2H3/t19-,24-/m1/s1. The maximum atomic E-state index is 13.8. The summed E-state index contributed by atoms with van der Waals surface area (Å²) in [5, 5.41) is 0. The highest BCUT2D eigenvalue weighted by Crippen LogP contribution is 2.27. The molecule has 0 unspecified atom stereocenters. The summed E-state index contributed by atoms with van der Waals surface area (Å²) in [6.45, 7) is 5.78. The summed E-state index contributed by atoms with van der Waals surface area (Å²) in [5.41, 5.74) is 3.71. The maximum absolute atomic E-state index is 13.8. The third-order valence-electron chi connectivity index (χ3n) is 6.50. The average molecular weight is 522 g/mol. The largest absolute Gasteiger partial charge is 0.365 e. The molecule has 1 aliphatic heterocycles. The zero-order valence-corrected chi connectivity index (χ0v) is 21.7. The Labute approximate surface area is 214 Å². The summed E-state index contributed by atoms with van der Waals surface area (Å²) in [6, 6.07) is 21.2. The predicted molar refractivity (Wildman–Crippen MR) is 141 cm³/mol. The van der Waals surface area contributed by atoms with Crippen LogP contribution in [0.3, 0.4) is 0 Å². The summed E-state index contributed by atoms with van der Waals surface area (Å²) in [7, 11) is -4.06. The number of hydrogen-bond acceptors (Lipinski definition) is 7. The minimum absolute atomic E-state index is 0.0139. The lowest BCUT2D eigenvalue weighted by molar-refractivity contribution is -0.133. The summed E-state index contributed by atoms with van der Waals surface area (Å²) in [4.78, 5) is 17.9. The molecule has 2 heterocycles. The van der Waals surface area contributed by atoms with Crippen LogP contribution in [-0.4, -0.2) is 53.6 Å². The fraction of sp³-hybridized carbons (Fsp3) is 0.269. The molecule has 8 nitrogen and oxygen atoms in total. The molecule has 4 aromatic rings. The maximum Gasteiger partial charge on any atom is 0.245 e. The van der Waals surface area contributed by atoms with E-state index in [1.54, 1.807) is 41.3 Å². The number of fused-ring (bicyclic) bond motifs is 1. The fourth-order valence-corrected chi connectivity index (χ4v) is 6.53. The molecule has 3 aromatic carbocycles. The first-order valence-corrected chi connectivity index (χ1v) is 14.0. The van der Waals surface area contributed by atoms with Crippen LogP contribution in [0.25, 0.3) is 11.0 Å². The highest BCUT2D eigenvalue weighted by Gasteiger charge is 2.35. The van der Waals surface area contributed by atoms with E-state index in [9.17, 15) is 13.2 Å². The van der Waals surface area contributed by atoms with E-state index in [4.69, 9.17) is 0 Å². The second-order valence-electron chi connectivity index (χ2n) is 9.02. The first-order chi connectivity index (χ1) is 17.3. The van der Waals surface area contributed by atoms with Gasteiger partial charge in [0.25, 0.3) is 0 Å². The number of carbonyl (C=O) groups is 1. The Balaban J connectivity index is 1.41. The van der Waals surface area contributed by atoms with Gasteiger partial charge in [-0.1, -0.05) is 54.1 Å². The number of benzene rings is 3. The molecule has 0 aliphatic carbocycles. The SMILES string of the molecule is Cc1ccc(N2CCN(C(=O)[C@H](NS(=O)(=O)c3cccc4nsnc34)c3ccccc3)C[C@H]2C)cc1. The van der Waals surface area contributed by atoms with Crippen LogP contribution in [-0.2, 0) is 14.8 Å². The normalized spacial score (nSPS) is 17.3. The van der Waals surface area contributed by atoms with Gasteiger partial charge in [0.15, 0.2) is 0 Å². The molecule has 1 amide bonds. The molecule has 1 aliphatic rings. The van der Waals surface area contributed by atoms with E-state index in [0.29, 0.717) is 36.2 Å². The van der Waals surface area contributed by atoms with Gasteiger partial charge in [0, 0.05) is 31.4 Å². The van der Waals surface area contributed by atoms with Crippen molar-refractivity contribution in [3.05, 3.63) is 83.9 Å². The second-order valence-corrected chi connectivity index (χ2v) is 11.2. The third-order valence-corrected chi connectivity index (χ3v) is 8.49. The van der Waals surface area contributed by atoms with Gasteiger partial charge in [0.1, 0.15) is 22.0 Å². The van der Waals surface area contributed by atoms with Crippen LogP contribution in [0.4, 0.5) is 5.69 Å². The number of rotatable bonds is 6. The van der Waals surface area contributed by atoms with Gasteiger partial charge in [0.2, 0.25) is 15.9 Å². The van der Waals surface area contributed by atoms with Crippen molar-refractivity contribution in [3.8, 4) is 0 Å². The van der Waals surface area contributed by atoms with Crippen molar-refractivity contribution in [3.63, 3.8) is 0 Å². The highest BCUT2D eigenvalue weighted by atomic mass is 32.2. The Kier molecular flexibility index (Phi) is 6.74. The molecule has 1 saturated heterocycles. The van der Waals surface area contributed by atoms with Crippen molar-refractivity contribution in [1.29, 1.82) is 0 Å². The molecule has 0 bridgehead atoms. The number of aromatic nitrogens is 2. The van der Waals surface area contributed by atoms with Crippen LogP contribution in [0.2, 0.25) is 0 Å². The summed E-state index contributed by atoms with van der Waals surface area (Å²) in [6.07, 6.45) is 0. The van der Waals surface area contributed by atoms with E-state index < -0.39 is 16.1 Å². The molecule has 1 aromatic heterocycles. The molecule has 10 heteroatoms. The van der Waals surface area contributed by atoms with E-state index in [2.05, 4.69) is 56.5 Å². The summed E-state index contributed by atoms with van der Waals surface area (Å²) < 4.78 is 38.0. The van der Waals surface area contributed by atoms with Gasteiger partial charge in [-0.15, -0.1) is 0 Å². The Morgan fingerprint density at radius 3 is 2.47 bits per heavy atom. The fourth-order valence-electron chi connectivity index (χ4n) is 4.58. The van der Waals surface area contributed by atoms with Gasteiger partial charge in [-0.25, -0.2) is 8.42 Å². The number of aryl methyl sites for hydroxylation is 1. The van der Waals surface area contributed by atoms with Crippen LogP contribution in [0.1, 0.15) is 24.1 Å². The van der Waals surface area contributed by atoms with E-state index in [1.165, 1.54) is 11.6 Å².